The van der Waals surface area contributed by atoms with Crippen molar-refractivity contribution < 1.29 is 4.74 Å². The molecular weight excluding hydrogens is 479 g/mol. The van der Waals surface area contributed by atoms with E-state index in [1.165, 1.54) is 24.8 Å². The molecule has 1 aromatic carbocycles. The summed E-state index contributed by atoms with van der Waals surface area (Å²) in [6.07, 6.45) is 6.66. The lowest BCUT2D eigenvalue weighted by molar-refractivity contribution is 0.241. The molecule has 0 radical (unpaired) electrons. The summed E-state index contributed by atoms with van der Waals surface area (Å²) < 4.78 is 8.30. The van der Waals surface area contributed by atoms with E-state index in [9.17, 15) is 0 Å². The van der Waals surface area contributed by atoms with Gasteiger partial charge in [0, 0.05) is 38.9 Å². The molecule has 0 bridgehead atoms. The van der Waals surface area contributed by atoms with Gasteiger partial charge in [0.2, 0.25) is 0 Å². The summed E-state index contributed by atoms with van der Waals surface area (Å²) in [6.45, 7) is 5.39. The van der Waals surface area contributed by atoms with Crippen LogP contribution in [0.1, 0.15) is 43.4 Å². The SMILES string of the molecule is CCNC(=NCC1Cc2ccccc2O1)NCCc1nnc2n1CCCCC2.I. The lowest BCUT2D eigenvalue weighted by Crippen LogP contribution is -2.39. The molecule has 2 aliphatic heterocycles. The maximum Gasteiger partial charge on any atom is 0.191 e. The number of hydrogen-bond acceptors (Lipinski definition) is 4. The molecule has 29 heavy (non-hydrogen) atoms. The fourth-order valence-corrected chi connectivity index (χ4v) is 3.91. The van der Waals surface area contributed by atoms with Crippen LogP contribution < -0.4 is 15.4 Å². The number of rotatable bonds is 6. The minimum Gasteiger partial charge on any atom is -0.488 e. The second-order valence-corrected chi connectivity index (χ2v) is 7.44. The molecule has 0 spiro atoms. The van der Waals surface area contributed by atoms with Crippen molar-refractivity contribution in [3.05, 3.63) is 41.5 Å². The van der Waals surface area contributed by atoms with E-state index in [2.05, 4.69) is 44.5 Å². The Balaban J connectivity index is 0.00000240. The van der Waals surface area contributed by atoms with Crippen molar-refractivity contribution in [2.24, 2.45) is 4.99 Å². The molecule has 1 aromatic heterocycles. The zero-order valence-electron chi connectivity index (χ0n) is 17.1. The number of aromatic nitrogens is 3. The summed E-state index contributed by atoms with van der Waals surface area (Å²) in [6, 6.07) is 8.24. The van der Waals surface area contributed by atoms with Gasteiger partial charge in [-0.3, -0.25) is 0 Å². The van der Waals surface area contributed by atoms with Crippen LogP contribution in [0.2, 0.25) is 0 Å². The largest absolute Gasteiger partial charge is 0.488 e. The summed E-state index contributed by atoms with van der Waals surface area (Å²) in [5.74, 6) is 4.05. The molecule has 0 amide bonds. The Kier molecular flexibility index (Phi) is 8.14. The van der Waals surface area contributed by atoms with Crippen LogP contribution in [0.15, 0.2) is 29.3 Å². The summed E-state index contributed by atoms with van der Waals surface area (Å²) >= 11 is 0. The maximum atomic E-state index is 5.99. The van der Waals surface area contributed by atoms with Gasteiger partial charge in [0.15, 0.2) is 5.96 Å². The van der Waals surface area contributed by atoms with Crippen molar-refractivity contribution in [2.75, 3.05) is 19.6 Å². The molecule has 3 heterocycles. The Bertz CT molecular complexity index is 796. The summed E-state index contributed by atoms with van der Waals surface area (Å²) in [5.41, 5.74) is 1.27. The molecule has 0 saturated heterocycles. The minimum atomic E-state index is 0. The zero-order valence-corrected chi connectivity index (χ0v) is 19.4. The van der Waals surface area contributed by atoms with Gasteiger partial charge in [-0.05, 0) is 31.4 Å². The first-order valence-electron chi connectivity index (χ1n) is 10.5. The van der Waals surface area contributed by atoms with Gasteiger partial charge in [-0.15, -0.1) is 34.2 Å². The first kappa shape index (κ1) is 21.9. The Morgan fingerprint density at radius 1 is 1.21 bits per heavy atom. The third-order valence-corrected chi connectivity index (χ3v) is 5.34. The second-order valence-electron chi connectivity index (χ2n) is 7.44. The van der Waals surface area contributed by atoms with Gasteiger partial charge < -0.3 is 19.9 Å². The standard InChI is InChI=1S/C21H30N6O.HI/c1-2-22-21(24-15-17-14-16-8-5-6-9-18(16)28-17)23-12-11-20-26-25-19-10-4-3-7-13-27(19)20;/h5-6,8-9,17H,2-4,7,10-15H2,1H3,(H2,22,23,24);1H. The van der Waals surface area contributed by atoms with E-state index in [0.29, 0.717) is 6.54 Å². The number of fused-ring (bicyclic) bond motifs is 2. The van der Waals surface area contributed by atoms with Crippen LogP contribution in [-0.2, 0) is 25.8 Å². The Morgan fingerprint density at radius 2 is 2.10 bits per heavy atom. The normalized spacial score (nSPS) is 18.1. The van der Waals surface area contributed by atoms with Crippen molar-refractivity contribution in [3.63, 3.8) is 0 Å². The van der Waals surface area contributed by atoms with E-state index in [0.717, 1.165) is 62.3 Å². The molecule has 2 aliphatic rings. The fraction of sp³-hybridized carbons (Fsp3) is 0.571. The lowest BCUT2D eigenvalue weighted by Gasteiger charge is -2.13. The average molecular weight is 510 g/mol. The van der Waals surface area contributed by atoms with Gasteiger partial charge in [-0.1, -0.05) is 24.6 Å². The first-order chi connectivity index (χ1) is 13.8. The number of ether oxygens (including phenoxy) is 1. The van der Waals surface area contributed by atoms with Gasteiger partial charge in [0.1, 0.15) is 23.5 Å². The summed E-state index contributed by atoms with van der Waals surface area (Å²) in [7, 11) is 0. The van der Waals surface area contributed by atoms with Crippen LogP contribution in [-0.4, -0.2) is 46.5 Å². The molecule has 1 unspecified atom stereocenters. The zero-order chi connectivity index (χ0) is 19.2. The number of benzene rings is 1. The highest BCUT2D eigenvalue weighted by Gasteiger charge is 2.22. The number of guanidine groups is 1. The van der Waals surface area contributed by atoms with E-state index in [1.807, 2.05) is 12.1 Å². The second kappa shape index (κ2) is 10.8. The molecule has 4 rings (SSSR count). The van der Waals surface area contributed by atoms with Crippen LogP contribution in [0.5, 0.6) is 5.75 Å². The van der Waals surface area contributed by atoms with E-state index < -0.39 is 0 Å². The van der Waals surface area contributed by atoms with Crippen molar-refractivity contribution in [1.29, 1.82) is 0 Å². The maximum absolute atomic E-state index is 5.99. The molecule has 1 atom stereocenters. The molecule has 158 valence electrons. The van der Waals surface area contributed by atoms with Gasteiger partial charge >= 0.3 is 0 Å². The first-order valence-corrected chi connectivity index (χ1v) is 10.5. The number of para-hydroxylation sites is 1. The van der Waals surface area contributed by atoms with Crippen LogP contribution in [0.4, 0.5) is 0 Å². The molecule has 7 nitrogen and oxygen atoms in total. The fourth-order valence-electron chi connectivity index (χ4n) is 3.91. The highest BCUT2D eigenvalue weighted by atomic mass is 127. The average Bonchev–Trinajstić information content (AvgIpc) is 3.22. The molecule has 2 aromatic rings. The molecule has 8 heteroatoms. The Hall–Kier alpha value is -1.84. The van der Waals surface area contributed by atoms with Gasteiger partial charge in [0.25, 0.3) is 0 Å². The van der Waals surface area contributed by atoms with Crippen molar-refractivity contribution in [2.45, 2.75) is 58.1 Å². The van der Waals surface area contributed by atoms with E-state index in [4.69, 9.17) is 9.73 Å². The van der Waals surface area contributed by atoms with Gasteiger partial charge in [-0.25, -0.2) is 4.99 Å². The number of aryl methyl sites for hydroxylation is 1. The topological polar surface area (TPSA) is 76.4 Å². The van der Waals surface area contributed by atoms with Crippen LogP contribution in [0.25, 0.3) is 0 Å². The van der Waals surface area contributed by atoms with Crippen LogP contribution >= 0.6 is 24.0 Å². The summed E-state index contributed by atoms with van der Waals surface area (Å²) in [4.78, 5) is 4.73. The quantitative estimate of drug-likeness (QED) is 0.355. The number of halogens is 1. The number of nitrogens with zero attached hydrogens (tertiary/aromatic N) is 4. The smallest absolute Gasteiger partial charge is 0.191 e. The predicted molar refractivity (Wildman–Crippen MR) is 125 cm³/mol. The third kappa shape index (κ3) is 5.61. The van der Waals surface area contributed by atoms with Crippen LogP contribution in [0, 0.1) is 0 Å². The monoisotopic (exact) mass is 510 g/mol. The number of nitrogens with one attached hydrogen (secondary N) is 2. The molecule has 0 fully saturated rings. The highest BCUT2D eigenvalue weighted by molar-refractivity contribution is 14.0. The third-order valence-electron chi connectivity index (χ3n) is 5.34. The predicted octanol–water partition coefficient (Wildman–Crippen LogP) is 2.72. The number of aliphatic imine (C=N–C) groups is 1. The van der Waals surface area contributed by atoms with Crippen LogP contribution in [0.3, 0.4) is 0 Å². The van der Waals surface area contributed by atoms with Gasteiger partial charge in [0.05, 0.1) is 6.54 Å². The lowest BCUT2D eigenvalue weighted by atomic mass is 10.1. The van der Waals surface area contributed by atoms with Gasteiger partial charge in [-0.2, -0.15) is 0 Å². The molecular formula is C21H31IN6O. The molecule has 0 aliphatic carbocycles. The van der Waals surface area contributed by atoms with E-state index in [-0.39, 0.29) is 30.1 Å². The number of hydrogen-bond donors (Lipinski definition) is 2. The summed E-state index contributed by atoms with van der Waals surface area (Å²) in [5, 5.41) is 15.5. The molecule has 2 N–H and O–H groups in total. The Labute approximate surface area is 189 Å². The Morgan fingerprint density at radius 3 is 2.97 bits per heavy atom. The van der Waals surface area contributed by atoms with Crippen molar-refractivity contribution in [1.82, 2.24) is 25.4 Å². The van der Waals surface area contributed by atoms with Crippen molar-refractivity contribution >= 4 is 29.9 Å². The highest BCUT2D eigenvalue weighted by Crippen LogP contribution is 2.28. The van der Waals surface area contributed by atoms with Crippen molar-refractivity contribution in [3.8, 4) is 5.75 Å². The molecule has 0 saturated carbocycles. The van der Waals surface area contributed by atoms with E-state index >= 15 is 0 Å². The van der Waals surface area contributed by atoms with E-state index in [1.54, 1.807) is 0 Å². The minimum absolute atomic E-state index is 0.